The fourth-order valence-corrected chi connectivity index (χ4v) is 2.37. The minimum atomic E-state index is -0.270. The van der Waals surface area contributed by atoms with E-state index in [1.54, 1.807) is 18.2 Å². The lowest BCUT2D eigenvalue weighted by Gasteiger charge is -2.12. The van der Waals surface area contributed by atoms with Gasteiger partial charge in [0.15, 0.2) is 0 Å². The molecule has 20 heavy (non-hydrogen) atoms. The van der Waals surface area contributed by atoms with Crippen molar-refractivity contribution in [2.24, 2.45) is 0 Å². The van der Waals surface area contributed by atoms with Gasteiger partial charge in [-0.05, 0) is 59.8 Å². The largest absolute Gasteiger partial charge is 0.493 e. The molecule has 0 spiro atoms. The molecule has 0 aliphatic heterocycles. The van der Waals surface area contributed by atoms with Crippen molar-refractivity contribution in [3.63, 3.8) is 0 Å². The second-order valence-corrected chi connectivity index (χ2v) is 5.36. The molecule has 0 radical (unpaired) electrons. The summed E-state index contributed by atoms with van der Waals surface area (Å²) in [7, 11) is 0. The van der Waals surface area contributed by atoms with Crippen molar-refractivity contribution < 1.29 is 9.53 Å². The van der Waals surface area contributed by atoms with Gasteiger partial charge in [0.25, 0.3) is 5.91 Å². The van der Waals surface area contributed by atoms with E-state index in [0.717, 1.165) is 9.26 Å². The average Bonchev–Trinajstić information content (AvgIpc) is 2.39. The van der Waals surface area contributed by atoms with E-state index < -0.39 is 0 Å². The molecule has 0 heterocycles. The van der Waals surface area contributed by atoms with Crippen LogP contribution in [0.4, 0.5) is 11.4 Å². The molecule has 0 bridgehead atoms. The summed E-state index contributed by atoms with van der Waals surface area (Å²) in [6, 6.07) is 12.8. The lowest BCUT2D eigenvalue weighted by molar-refractivity contribution is 0.102. The maximum atomic E-state index is 12.4. The Morgan fingerprint density at radius 2 is 2.05 bits per heavy atom. The summed E-state index contributed by atoms with van der Waals surface area (Å²) in [5.74, 6) is 0.226. The third-order valence-electron chi connectivity index (χ3n) is 2.67. The zero-order chi connectivity index (χ0) is 14.5. The highest BCUT2D eigenvalue weighted by atomic mass is 127. The van der Waals surface area contributed by atoms with Crippen LogP contribution in [0, 0.1) is 3.57 Å². The van der Waals surface area contributed by atoms with Crippen LogP contribution in [0.2, 0.25) is 0 Å². The van der Waals surface area contributed by atoms with Crippen molar-refractivity contribution in [3.05, 3.63) is 51.6 Å². The number of hydrogen-bond donors (Lipinski definition) is 2. The van der Waals surface area contributed by atoms with E-state index in [1.807, 2.05) is 31.2 Å². The third-order valence-corrected chi connectivity index (χ3v) is 3.34. The molecule has 0 fully saturated rings. The minimum Gasteiger partial charge on any atom is -0.493 e. The van der Waals surface area contributed by atoms with Crippen molar-refractivity contribution in [1.82, 2.24) is 0 Å². The Labute approximate surface area is 131 Å². The molecule has 0 saturated carbocycles. The van der Waals surface area contributed by atoms with Crippen LogP contribution in [0.15, 0.2) is 42.5 Å². The number of carbonyl (C=O) groups is 1. The highest BCUT2D eigenvalue weighted by Crippen LogP contribution is 2.25. The van der Waals surface area contributed by atoms with Crippen LogP contribution >= 0.6 is 22.6 Å². The molecule has 0 aromatic heterocycles. The van der Waals surface area contributed by atoms with Crippen LogP contribution in [-0.2, 0) is 0 Å². The standard InChI is InChI=1S/C15H15IN2O2/c1-2-20-13-8-4-7-12(17)14(13)15(19)18-11-6-3-5-10(16)9-11/h3-9H,2,17H2,1H3,(H,18,19). The van der Waals surface area contributed by atoms with Gasteiger partial charge < -0.3 is 15.8 Å². The van der Waals surface area contributed by atoms with Crippen LogP contribution in [0.3, 0.4) is 0 Å². The number of halogens is 1. The van der Waals surface area contributed by atoms with Gasteiger partial charge in [-0.15, -0.1) is 0 Å². The number of carbonyl (C=O) groups excluding carboxylic acids is 1. The summed E-state index contributed by atoms with van der Waals surface area (Å²) in [4.78, 5) is 12.4. The van der Waals surface area contributed by atoms with Crippen LogP contribution in [0.1, 0.15) is 17.3 Å². The SMILES string of the molecule is CCOc1cccc(N)c1C(=O)Nc1cccc(I)c1. The summed E-state index contributed by atoms with van der Waals surface area (Å²) >= 11 is 2.19. The van der Waals surface area contributed by atoms with Gasteiger partial charge >= 0.3 is 0 Å². The predicted octanol–water partition coefficient (Wildman–Crippen LogP) is 3.52. The molecule has 0 aliphatic rings. The first kappa shape index (κ1) is 14.6. The second kappa shape index (κ2) is 6.60. The lowest BCUT2D eigenvalue weighted by atomic mass is 10.1. The van der Waals surface area contributed by atoms with Crippen molar-refractivity contribution in [2.75, 3.05) is 17.7 Å². The van der Waals surface area contributed by atoms with E-state index in [9.17, 15) is 4.79 Å². The lowest BCUT2D eigenvalue weighted by Crippen LogP contribution is -2.16. The van der Waals surface area contributed by atoms with Gasteiger partial charge in [0.1, 0.15) is 11.3 Å². The molecule has 0 saturated heterocycles. The number of ether oxygens (including phenoxy) is 1. The van der Waals surface area contributed by atoms with E-state index in [4.69, 9.17) is 10.5 Å². The molecule has 1 amide bonds. The molecule has 0 aliphatic carbocycles. The fraction of sp³-hybridized carbons (Fsp3) is 0.133. The number of anilines is 2. The number of benzene rings is 2. The van der Waals surface area contributed by atoms with Crippen LogP contribution in [0.5, 0.6) is 5.75 Å². The van der Waals surface area contributed by atoms with Gasteiger partial charge in [-0.3, -0.25) is 4.79 Å². The molecule has 2 aromatic carbocycles. The van der Waals surface area contributed by atoms with E-state index in [2.05, 4.69) is 27.9 Å². The Morgan fingerprint density at radius 3 is 2.75 bits per heavy atom. The summed E-state index contributed by atoms with van der Waals surface area (Å²) in [6.45, 7) is 2.34. The Morgan fingerprint density at radius 1 is 1.30 bits per heavy atom. The topological polar surface area (TPSA) is 64.3 Å². The third kappa shape index (κ3) is 3.41. The van der Waals surface area contributed by atoms with Gasteiger partial charge in [-0.1, -0.05) is 12.1 Å². The highest BCUT2D eigenvalue weighted by Gasteiger charge is 2.16. The molecule has 0 unspecified atom stereocenters. The maximum absolute atomic E-state index is 12.4. The molecular weight excluding hydrogens is 367 g/mol. The monoisotopic (exact) mass is 382 g/mol. The first-order valence-electron chi connectivity index (χ1n) is 6.20. The molecule has 104 valence electrons. The first-order chi connectivity index (χ1) is 9.61. The number of rotatable bonds is 4. The average molecular weight is 382 g/mol. The molecule has 5 heteroatoms. The van der Waals surface area contributed by atoms with Crippen molar-refractivity contribution in [2.45, 2.75) is 6.92 Å². The van der Waals surface area contributed by atoms with Crippen molar-refractivity contribution in [3.8, 4) is 5.75 Å². The maximum Gasteiger partial charge on any atom is 0.261 e. The van der Waals surface area contributed by atoms with Crippen molar-refractivity contribution in [1.29, 1.82) is 0 Å². The molecular formula is C15H15IN2O2. The van der Waals surface area contributed by atoms with E-state index in [-0.39, 0.29) is 5.91 Å². The van der Waals surface area contributed by atoms with Crippen molar-refractivity contribution >= 4 is 39.9 Å². The Bertz CT molecular complexity index is 629. The summed E-state index contributed by atoms with van der Waals surface area (Å²) in [5, 5.41) is 2.83. The Balaban J connectivity index is 2.29. The zero-order valence-electron chi connectivity index (χ0n) is 11.0. The van der Waals surface area contributed by atoms with Gasteiger partial charge in [-0.25, -0.2) is 0 Å². The minimum absolute atomic E-state index is 0.270. The van der Waals surface area contributed by atoms with E-state index in [1.165, 1.54) is 0 Å². The summed E-state index contributed by atoms with van der Waals surface area (Å²) in [5.41, 5.74) is 7.39. The summed E-state index contributed by atoms with van der Waals surface area (Å²) in [6.07, 6.45) is 0. The smallest absolute Gasteiger partial charge is 0.261 e. The summed E-state index contributed by atoms with van der Waals surface area (Å²) < 4.78 is 6.51. The quantitative estimate of drug-likeness (QED) is 0.628. The number of hydrogen-bond acceptors (Lipinski definition) is 3. The predicted molar refractivity (Wildman–Crippen MR) is 89.1 cm³/mol. The zero-order valence-corrected chi connectivity index (χ0v) is 13.2. The Kier molecular flexibility index (Phi) is 4.84. The normalized spacial score (nSPS) is 10.1. The Hall–Kier alpha value is -1.76. The molecule has 0 atom stereocenters. The number of nitrogens with one attached hydrogen (secondary N) is 1. The highest BCUT2D eigenvalue weighted by molar-refractivity contribution is 14.1. The molecule has 2 rings (SSSR count). The molecule has 2 aromatic rings. The van der Waals surface area contributed by atoms with E-state index >= 15 is 0 Å². The van der Waals surface area contributed by atoms with Gasteiger partial charge in [-0.2, -0.15) is 0 Å². The van der Waals surface area contributed by atoms with E-state index in [0.29, 0.717) is 23.6 Å². The molecule has 3 N–H and O–H groups in total. The van der Waals surface area contributed by atoms with Gasteiger partial charge in [0.2, 0.25) is 0 Å². The van der Waals surface area contributed by atoms with Crippen LogP contribution < -0.4 is 15.8 Å². The van der Waals surface area contributed by atoms with Gasteiger partial charge in [0, 0.05) is 14.9 Å². The second-order valence-electron chi connectivity index (χ2n) is 4.12. The molecule has 4 nitrogen and oxygen atoms in total. The van der Waals surface area contributed by atoms with Crippen LogP contribution in [-0.4, -0.2) is 12.5 Å². The first-order valence-corrected chi connectivity index (χ1v) is 7.28. The number of nitrogens with two attached hydrogens (primary N) is 1. The number of nitrogen functional groups attached to an aromatic ring is 1. The fourth-order valence-electron chi connectivity index (χ4n) is 1.83. The van der Waals surface area contributed by atoms with Gasteiger partial charge in [0.05, 0.1) is 6.61 Å². The van der Waals surface area contributed by atoms with Crippen LogP contribution in [0.25, 0.3) is 0 Å². The number of amides is 1.